The van der Waals surface area contributed by atoms with Crippen LogP contribution in [0.3, 0.4) is 0 Å². The highest BCUT2D eigenvalue weighted by Gasteiger charge is 2.69. The van der Waals surface area contributed by atoms with Gasteiger partial charge in [0, 0.05) is 13.1 Å². The van der Waals surface area contributed by atoms with E-state index in [9.17, 15) is 4.79 Å². The second kappa shape index (κ2) is 4.97. The molecule has 1 aliphatic carbocycles. The fourth-order valence-electron chi connectivity index (χ4n) is 3.20. The first-order chi connectivity index (χ1) is 9.05. The van der Waals surface area contributed by atoms with E-state index in [1.807, 2.05) is 36.9 Å². The Bertz CT molecular complexity index is 455. The smallest absolute Gasteiger partial charge is 0.233 e. The highest BCUT2D eigenvalue weighted by atomic mass is 16.2. The first-order valence-electron chi connectivity index (χ1n) is 7.10. The SMILES string of the molecule is CCN(CC)C(=O)C1(c2ccccc2)CC1(C)CN. The lowest BCUT2D eigenvalue weighted by molar-refractivity contribution is -0.134. The summed E-state index contributed by atoms with van der Waals surface area (Å²) >= 11 is 0. The molecule has 104 valence electrons. The van der Waals surface area contributed by atoms with E-state index in [0.717, 1.165) is 25.1 Å². The molecule has 2 unspecified atom stereocenters. The molecule has 1 amide bonds. The van der Waals surface area contributed by atoms with Gasteiger partial charge in [0.15, 0.2) is 0 Å². The quantitative estimate of drug-likeness (QED) is 0.882. The monoisotopic (exact) mass is 260 g/mol. The normalized spacial score (nSPS) is 29.1. The van der Waals surface area contributed by atoms with Crippen molar-refractivity contribution in [3.8, 4) is 0 Å². The first-order valence-corrected chi connectivity index (χ1v) is 7.10. The van der Waals surface area contributed by atoms with E-state index in [-0.39, 0.29) is 11.3 Å². The Hall–Kier alpha value is -1.35. The van der Waals surface area contributed by atoms with E-state index in [0.29, 0.717) is 6.54 Å². The van der Waals surface area contributed by atoms with Crippen LogP contribution in [-0.2, 0) is 10.2 Å². The van der Waals surface area contributed by atoms with Crippen molar-refractivity contribution in [2.24, 2.45) is 11.1 Å². The maximum Gasteiger partial charge on any atom is 0.233 e. The number of nitrogens with two attached hydrogens (primary N) is 1. The van der Waals surface area contributed by atoms with Crippen LogP contribution in [0.5, 0.6) is 0 Å². The average Bonchev–Trinajstić information content (AvgIpc) is 3.09. The fraction of sp³-hybridized carbons (Fsp3) is 0.562. The molecule has 1 aromatic rings. The minimum Gasteiger partial charge on any atom is -0.342 e. The molecule has 0 bridgehead atoms. The molecule has 0 spiro atoms. The highest BCUT2D eigenvalue weighted by Crippen LogP contribution is 2.64. The molecule has 1 saturated carbocycles. The van der Waals surface area contributed by atoms with Gasteiger partial charge in [0.1, 0.15) is 0 Å². The molecule has 0 radical (unpaired) electrons. The molecule has 0 aliphatic heterocycles. The van der Waals surface area contributed by atoms with Crippen molar-refractivity contribution < 1.29 is 4.79 Å². The molecule has 1 aliphatic rings. The van der Waals surface area contributed by atoms with Gasteiger partial charge in [0.05, 0.1) is 5.41 Å². The first kappa shape index (κ1) is 14.1. The third-order valence-electron chi connectivity index (χ3n) is 4.69. The van der Waals surface area contributed by atoms with Gasteiger partial charge in [-0.05, 0) is 37.8 Å². The van der Waals surface area contributed by atoms with Gasteiger partial charge in [-0.25, -0.2) is 0 Å². The van der Waals surface area contributed by atoms with E-state index in [2.05, 4.69) is 19.1 Å². The van der Waals surface area contributed by atoms with Gasteiger partial charge in [-0.1, -0.05) is 37.3 Å². The summed E-state index contributed by atoms with van der Waals surface area (Å²) in [6, 6.07) is 10.1. The highest BCUT2D eigenvalue weighted by molar-refractivity contribution is 5.93. The number of carbonyl (C=O) groups is 1. The van der Waals surface area contributed by atoms with Gasteiger partial charge in [-0.15, -0.1) is 0 Å². The van der Waals surface area contributed by atoms with Crippen molar-refractivity contribution in [2.45, 2.75) is 32.6 Å². The topological polar surface area (TPSA) is 46.3 Å². The molecular weight excluding hydrogens is 236 g/mol. The van der Waals surface area contributed by atoms with E-state index < -0.39 is 5.41 Å². The summed E-state index contributed by atoms with van der Waals surface area (Å²) in [4.78, 5) is 14.9. The number of rotatable bonds is 5. The average molecular weight is 260 g/mol. The molecule has 3 nitrogen and oxygen atoms in total. The Balaban J connectivity index is 2.42. The van der Waals surface area contributed by atoms with Gasteiger partial charge in [0.25, 0.3) is 0 Å². The molecule has 1 aromatic carbocycles. The van der Waals surface area contributed by atoms with E-state index >= 15 is 0 Å². The summed E-state index contributed by atoms with van der Waals surface area (Å²) in [5, 5.41) is 0. The number of hydrogen-bond donors (Lipinski definition) is 1. The number of nitrogens with zero attached hydrogens (tertiary/aromatic N) is 1. The maximum atomic E-state index is 12.9. The summed E-state index contributed by atoms with van der Waals surface area (Å²) in [7, 11) is 0. The third kappa shape index (κ3) is 1.96. The van der Waals surface area contributed by atoms with Gasteiger partial charge in [-0.2, -0.15) is 0 Å². The van der Waals surface area contributed by atoms with Crippen LogP contribution in [-0.4, -0.2) is 30.4 Å². The van der Waals surface area contributed by atoms with Crippen LogP contribution in [0, 0.1) is 5.41 Å². The lowest BCUT2D eigenvalue weighted by Crippen LogP contribution is -2.43. The van der Waals surface area contributed by atoms with Crippen molar-refractivity contribution in [3.63, 3.8) is 0 Å². The standard InChI is InChI=1S/C16H24N2O/c1-4-18(5-2)14(19)16(11-15(16,3)12-17)13-9-7-6-8-10-13/h6-10H,4-5,11-12,17H2,1-3H3. The Morgan fingerprint density at radius 1 is 1.26 bits per heavy atom. The molecular formula is C16H24N2O. The van der Waals surface area contributed by atoms with Crippen LogP contribution in [0.2, 0.25) is 0 Å². The number of amides is 1. The van der Waals surface area contributed by atoms with Gasteiger partial charge in [-0.3, -0.25) is 4.79 Å². The largest absolute Gasteiger partial charge is 0.342 e. The Morgan fingerprint density at radius 2 is 1.84 bits per heavy atom. The summed E-state index contributed by atoms with van der Waals surface area (Å²) < 4.78 is 0. The molecule has 3 heteroatoms. The molecule has 2 atom stereocenters. The second-order valence-corrected chi connectivity index (χ2v) is 5.69. The molecule has 0 aromatic heterocycles. The lowest BCUT2D eigenvalue weighted by atomic mass is 9.85. The third-order valence-corrected chi connectivity index (χ3v) is 4.69. The zero-order valence-electron chi connectivity index (χ0n) is 12.1. The summed E-state index contributed by atoms with van der Waals surface area (Å²) in [5.74, 6) is 0.233. The summed E-state index contributed by atoms with van der Waals surface area (Å²) in [6.07, 6.45) is 0.857. The molecule has 19 heavy (non-hydrogen) atoms. The maximum absolute atomic E-state index is 12.9. The second-order valence-electron chi connectivity index (χ2n) is 5.69. The zero-order chi connectivity index (χ0) is 14.1. The van der Waals surface area contributed by atoms with Gasteiger partial charge < -0.3 is 10.6 Å². The van der Waals surface area contributed by atoms with Crippen molar-refractivity contribution in [2.75, 3.05) is 19.6 Å². The van der Waals surface area contributed by atoms with Gasteiger partial charge in [0.2, 0.25) is 5.91 Å². The van der Waals surface area contributed by atoms with E-state index in [4.69, 9.17) is 5.73 Å². The Kier molecular flexibility index (Phi) is 3.68. The molecule has 1 fully saturated rings. The van der Waals surface area contributed by atoms with Crippen molar-refractivity contribution in [3.05, 3.63) is 35.9 Å². The van der Waals surface area contributed by atoms with Crippen LogP contribution in [0.15, 0.2) is 30.3 Å². The van der Waals surface area contributed by atoms with Crippen LogP contribution in [0.25, 0.3) is 0 Å². The van der Waals surface area contributed by atoms with E-state index in [1.165, 1.54) is 0 Å². The molecule has 0 heterocycles. The predicted molar refractivity (Wildman–Crippen MR) is 77.8 cm³/mol. The van der Waals surface area contributed by atoms with Crippen LogP contribution in [0.1, 0.15) is 32.8 Å². The van der Waals surface area contributed by atoms with Crippen molar-refractivity contribution >= 4 is 5.91 Å². The summed E-state index contributed by atoms with van der Waals surface area (Å²) in [6.45, 7) is 8.25. The summed E-state index contributed by atoms with van der Waals surface area (Å²) in [5.41, 5.74) is 6.53. The minimum absolute atomic E-state index is 0.103. The van der Waals surface area contributed by atoms with Crippen molar-refractivity contribution in [1.82, 2.24) is 4.90 Å². The number of carbonyl (C=O) groups excluding carboxylic acids is 1. The van der Waals surface area contributed by atoms with Crippen LogP contribution < -0.4 is 5.73 Å². The number of hydrogen-bond acceptors (Lipinski definition) is 2. The predicted octanol–water partition coefficient (Wildman–Crippen LogP) is 2.16. The molecule has 2 rings (SSSR count). The van der Waals surface area contributed by atoms with Crippen LogP contribution >= 0.6 is 0 Å². The minimum atomic E-state index is -0.408. The van der Waals surface area contributed by atoms with E-state index in [1.54, 1.807) is 0 Å². The molecule has 2 N–H and O–H groups in total. The zero-order valence-corrected chi connectivity index (χ0v) is 12.1. The number of likely N-dealkylation sites (N-methyl/N-ethyl adjacent to an activating group) is 1. The Labute approximate surface area is 115 Å². The molecule has 0 saturated heterocycles. The van der Waals surface area contributed by atoms with Crippen molar-refractivity contribution in [1.29, 1.82) is 0 Å². The Morgan fingerprint density at radius 3 is 2.26 bits per heavy atom. The van der Waals surface area contributed by atoms with Crippen LogP contribution in [0.4, 0.5) is 0 Å². The number of benzene rings is 1. The van der Waals surface area contributed by atoms with Gasteiger partial charge >= 0.3 is 0 Å². The fourth-order valence-corrected chi connectivity index (χ4v) is 3.20. The lowest BCUT2D eigenvalue weighted by Gasteiger charge is -2.29.